The van der Waals surface area contributed by atoms with Crippen molar-refractivity contribution in [3.8, 4) is 0 Å². The second kappa shape index (κ2) is 6.31. The summed E-state index contributed by atoms with van der Waals surface area (Å²) in [7, 11) is 0. The Morgan fingerprint density at radius 3 is 2.95 bits per heavy atom. The average molecular weight is 261 g/mol. The standard InChI is InChI=1S/C14H19N3O2/c1-3-5-12(18)11-7-8-17(9-11)10-13-15-14(6-4-2)19-16-13/h7-9H,3-6,10H2,1-2H3. The van der Waals surface area contributed by atoms with E-state index in [1.54, 1.807) is 0 Å². The second-order valence-corrected chi connectivity index (χ2v) is 4.60. The molecule has 0 unspecified atom stereocenters. The van der Waals surface area contributed by atoms with E-state index in [0.29, 0.717) is 24.7 Å². The van der Waals surface area contributed by atoms with Crippen LogP contribution in [0.15, 0.2) is 23.0 Å². The first-order chi connectivity index (χ1) is 9.22. The number of hydrogen-bond acceptors (Lipinski definition) is 4. The lowest BCUT2D eigenvalue weighted by molar-refractivity contribution is 0.0981. The molecule has 0 bridgehead atoms. The first kappa shape index (κ1) is 13.5. The number of ketones is 1. The zero-order valence-corrected chi connectivity index (χ0v) is 11.4. The number of hydrogen-bond donors (Lipinski definition) is 0. The van der Waals surface area contributed by atoms with Crippen LogP contribution in [0.3, 0.4) is 0 Å². The average Bonchev–Trinajstić information content (AvgIpc) is 3.00. The highest BCUT2D eigenvalue weighted by molar-refractivity contribution is 5.95. The van der Waals surface area contributed by atoms with Gasteiger partial charge in [-0.05, 0) is 18.9 Å². The number of aryl methyl sites for hydroxylation is 1. The number of rotatable bonds is 7. The first-order valence-electron chi connectivity index (χ1n) is 6.73. The Kier molecular flexibility index (Phi) is 4.49. The predicted molar refractivity (Wildman–Crippen MR) is 71.1 cm³/mol. The van der Waals surface area contributed by atoms with Crippen molar-refractivity contribution in [2.24, 2.45) is 0 Å². The van der Waals surface area contributed by atoms with Gasteiger partial charge < -0.3 is 9.09 Å². The van der Waals surface area contributed by atoms with Crippen LogP contribution in [0.25, 0.3) is 0 Å². The molecule has 0 N–H and O–H groups in total. The summed E-state index contributed by atoms with van der Waals surface area (Å²) in [6.45, 7) is 4.61. The van der Waals surface area contributed by atoms with Crippen LogP contribution < -0.4 is 0 Å². The highest BCUT2D eigenvalue weighted by Crippen LogP contribution is 2.09. The van der Waals surface area contributed by atoms with Gasteiger partial charge in [-0.3, -0.25) is 4.79 Å². The quantitative estimate of drug-likeness (QED) is 0.719. The Morgan fingerprint density at radius 1 is 1.37 bits per heavy atom. The maximum Gasteiger partial charge on any atom is 0.226 e. The Balaban J connectivity index is 2.00. The fourth-order valence-electron chi connectivity index (χ4n) is 1.91. The molecule has 0 atom stereocenters. The molecule has 0 aliphatic carbocycles. The van der Waals surface area contributed by atoms with E-state index in [4.69, 9.17) is 4.52 Å². The molecule has 0 saturated heterocycles. The van der Waals surface area contributed by atoms with Crippen molar-refractivity contribution in [1.82, 2.24) is 14.7 Å². The molecule has 0 saturated carbocycles. The Hall–Kier alpha value is -1.91. The number of carbonyl (C=O) groups is 1. The van der Waals surface area contributed by atoms with Crippen LogP contribution in [-0.2, 0) is 13.0 Å². The van der Waals surface area contributed by atoms with E-state index in [0.717, 1.165) is 24.8 Å². The summed E-state index contributed by atoms with van der Waals surface area (Å²) in [6.07, 6.45) is 6.97. The third kappa shape index (κ3) is 3.53. The SMILES string of the molecule is CCCC(=O)c1ccn(Cc2noc(CCC)n2)c1. The van der Waals surface area contributed by atoms with Gasteiger partial charge >= 0.3 is 0 Å². The minimum Gasteiger partial charge on any atom is -0.346 e. The molecule has 0 aliphatic rings. The van der Waals surface area contributed by atoms with Gasteiger partial charge in [0.25, 0.3) is 0 Å². The maximum atomic E-state index is 11.7. The van der Waals surface area contributed by atoms with Crippen LogP contribution in [0.1, 0.15) is 55.2 Å². The molecule has 0 aliphatic heterocycles. The van der Waals surface area contributed by atoms with Crippen molar-refractivity contribution < 1.29 is 9.32 Å². The molecule has 5 heteroatoms. The van der Waals surface area contributed by atoms with Crippen LogP contribution in [-0.4, -0.2) is 20.5 Å². The summed E-state index contributed by atoms with van der Waals surface area (Å²) in [6, 6.07) is 1.84. The van der Waals surface area contributed by atoms with Gasteiger partial charge in [0.1, 0.15) is 0 Å². The molecule has 0 radical (unpaired) electrons. The molecule has 5 nitrogen and oxygen atoms in total. The highest BCUT2D eigenvalue weighted by Gasteiger charge is 2.09. The van der Waals surface area contributed by atoms with Crippen LogP contribution in [0.2, 0.25) is 0 Å². The molecular weight excluding hydrogens is 242 g/mol. The predicted octanol–water partition coefficient (Wildman–Crippen LogP) is 2.85. The topological polar surface area (TPSA) is 60.9 Å². The summed E-state index contributed by atoms with van der Waals surface area (Å²) in [5.74, 6) is 1.50. The van der Waals surface area contributed by atoms with E-state index in [1.165, 1.54) is 0 Å². The number of aromatic nitrogens is 3. The zero-order valence-electron chi connectivity index (χ0n) is 11.4. The van der Waals surface area contributed by atoms with Crippen molar-refractivity contribution in [3.05, 3.63) is 35.7 Å². The summed E-state index contributed by atoms with van der Waals surface area (Å²) in [4.78, 5) is 16.0. The Bertz CT molecular complexity index is 542. The molecule has 0 amide bonds. The van der Waals surface area contributed by atoms with Gasteiger partial charge in [-0.25, -0.2) is 0 Å². The van der Waals surface area contributed by atoms with E-state index in [1.807, 2.05) is 30.0 Å². The summed E-state index contributed by atoms with van der Waals surface area (Å²) in [5, 5.41) is 3.93. The summed E-state index contributed by atoms with van der Waals surface area (Å²) in [5.41, 5.74) is 0.749. The minimum absolute atomic E-state index is 0.182. The largest absolute Gasteiger partial charge is 0.346 e. The lowest BCUT2D eigenvalue weighted by Crippen LogP contribution is -2.00. The van der Waals surface area contributed by atoms with Gasteiger partial charge in [0.05, 0.1) is 6.54 Å². The molecule has 2 aromatic heterocycles. The maximum absolute atomic E-state index is 11.7. The van der Waals surface area contributed by atoms with Crippen molar-refractivity contribution >= 4 is 5.78 Å². The third-order valence-corrected chi connectivity index (χ3v) is 2.85. The lowest BCUT2D eigenvalue weighted by Gasteiger charge is -1.97. The van der Waals surface area contributed by atoms with Crippen LogP contribution >= 0.6 is 0 Å². The van der Waals surface area contributed by atoms with Gasteiger partial charge in [-0.15, -0.1) is 0 Å². The summed E-state index contributed by atoms with van der Waals surface area (Å²) < 4.78 is 7.03. The van der Waals surface area contributed by atoms with Gasteiger partial charge in [0, 0.05) is 30.8 Å². The number of nitrogens with zero attached hydrogens (tertiary/aromatic N) is 3. The van der Waals surface area contributed by atoms with E-state index >= 15 is 0 Å². The van der Waals surface area contributed by atoms with Crippen molar-refractivity contribution in [3.63, 3.8) is 0 Å². The van der Waals surface area contributed by atoms with Crippen LogP contribution in [0, 0.1) is 0 Å². The lowest BCUT2D eigenvalue weighted by atomic mass is 10.1. The Labute approximate surface area is 112 Å². The fraction of sp³-hybridized carbons (Fsp3) is 0.500. The van der Waals surface area contributed by atoms with Gasteiger partial charge in [-0.1, -0.05) is 19.0 Å². The van der Waals surface area contributed by atoms with Gasteiger partial charge in [-0.2, -0.15) is 4.98 Å². The van der Waals surface area contributed by atoms with E-state index in [-0.39, 0.29) is 5.78 Å². The highest BCUT2D eigenvalue weighted by atomic mass is 16.5. The summed E-state index contributed by atoms with van der Waals surface area (Å²) >= 11 is 0. The molecule has 19 heavy (non-hydrogen) atoms. The number of Topliss-reactive ketones (excluding diaryl/α,β-unsaturated/α-hetero) is 1. The van der Waals surface area contributed by atoms with Crippen LogP contribution in [0.4, 0.5) is 0 Å². The number of carbonyl (C=O) groups excluding carboxylic acids is 1. The van der Waals surface area contributed by atoms with Crippen LogP contribution in [0.5, 0.6) is 0 Å². The van der Waals surface area contributed by atoms with Crippen molar-refractivity contribution in [1.29, 1.82) is 0 Å². The molecule has 2 heterocycles. The van der Waals surface area contributed by atoms with E-state index < -0.39 is 0 Å². The van der Waals surface area contributed by atoms with E-state index in [9.17, 15) is 4.79 Å². The zero-order chi connectivity index (χ0) is 13.7. The van der Waals surface area contributed by atoms with Gasteiger partial charge in [0.15, 0.2) is 11.6 Å². The third-order valence-electron chi connectivity index (χ3n) is 2.85. The molecule has 102 valence electrons. The van der Waals surface area contributed by atoms with E-state index in [2.05, 4.69) is 17.1 Å². The molecule has 0 spiro atoms. The van der Waals surface area contributed by atoms with Crippen molar-refractivity contribution in [2.45, 2.75) is 46.1 Å². The molecular formula is C14H19N3O2. The smallest absolute Gasteiger partial charge is 0.226 e. The van der Waals surface area contributed by atoms with Gasteiger partial charge in [0.2, 0.25) is 5.89 Å². The molecule has 2 aromatic rings. The first-order valence-corrected chi connectivity index (χ1v) is 6.73. The normalized spacial score (nSPS) is 10.8. The molecule has 0 aromatic carbocycles. The molecule has 2 rings (SSSR count). The molecule has 0 fully saturated rings. The minimum atomic E-state index is 0.182. The fourth-order valence-corrected chi connectivity index (χ4v) is 1.91. The monoisotopic (exact) mass is 261 g/mol. The van der Waals surface area contributed by atoms with Crippen molar-refractivity contribution in [2.75, 3.05) is 0 Å². The Morgan fingerprint density at radius 2 is 2.21 bits per heavy atom. The second-order valence-electron chi connectivity index (χ2n) is 4.60.